The number of nitrogens with two attached hydrogens (primary N) is 1. The van der Waals surface area contributed by atoms with Crippen molar-refractivity contribution in [3.8, 4) is 11.3 Å². The lowest BCUT2D eigenvalue weighted by Crippen LogP contribution is -2.25. The van der Waals surface area contributed by atoms with Crippen LogP contribution in [0.4, 0.5) is 11.6 Å². The van der Waals surface area contributed by atoms with Crippen molar-refractivity contribution in [2.45, 2.75) is 65.3 Å². The second-order valence-electron chi connectivity index (χ2n) is 8.19. The number of anilines is 2. The van der Waals surface area contributed by atoms with E-state index in [1.54, 1.807) is 6.07 Å². The van der Waals surface area contributed by atoms with Crippen molar-refractivity contribution in [3.63, 3.8) is 0 Å². The normalized spacial score (nSPS) is 14.9. The molecule has 4 rings (SSSR count). The van der Waals surface area contributed by atoms with E-state index in [-0.39, 0.29) is 11.8 Å². The van der Waals surface area contributed by atoms with E-state index >= 15 is 0 Å². The molecule has 158 valence electrons. The number of imidazole rings is 1. The van der Waals surface area contributed by atoms with Gasteiger partial charge >= 0.3 is 0 Å². The fourth-order valence-electron chi connectivity index (χ4n) is 4.22. The Morgan fingerprint density at radius 2 is 1.97 bits per heavy atom. The van der Waals surface area contributed by atoms with E-state index in [1.165, 1.54) is 6.42 Å². The van der Waals surface area contributed by atoms with Gasteiger partial charge in [0.1, 0.15) is 23.0 Å². The molecule has 1 amide bonds. The molecular formula is C23H30N6O. The van der Waals surface area contributed by atoms with Crippen molar-refractivity contribution < 1.29 is 4.79 Å². The number of fused-ring (bicyclic) bond motifs is 1. The van der Waals surface area contributed by atoms with Crippen LogP contribution in [0, 0.1) is 12.8 Å². The van der Waals surface area contributed by atoms with E-state index in [4.69, 9.17) is 10.7 Å². The summed E-state index contributed by atoms with van der Waals surface area (Å²) in [7, 11) is 0. The van der Waals surface area contributed by atoms with Crippen LogP contribution in [0.5, 0.6) is 0 Å². The molecule has 3 N–H and O–H groups in total. The molecular weight excluding hydrogens is 376 g/mol. The molecule has 0 aromatic carbocycles. The molecule has 0 bridgehead atoms. The number of amides is 1. The standard InChI is InChI=1S/C23H30N6O/c1-3-4-12-29-15(2)25-19-11-10-18(26-22(19)29)17-13-20(24)27-21(14-17)28-23(30)16-8-6-5-7-9-16/h10-11,13-14,16H,3-9,12H2,1-2H3,(H3,24,27,28,30). The summed E-state index contributed by atoms with van der Waals surface area (Å²) in [4.78, 5) is 26.5. The van der Waals surface area contributed by atoms with Gasteiger partial charge in [-0.25, -0.2) is 15.0 Å². The first-order valence-corrected chi connectivity index (χ1v) is 11.0. The summed E-state index contributed by atoms with van der Waals surface area (Å²) in [5, 5.41) is 2.97. The van der Waals surface area contributed by atoms with E-state index in [1.807, 2.05) is 25.1 Å². The summed E-state index contributed by atoms with van der Waals surface area (Å²) >= 11 is 0. The molecule has 0 radical (unpaired) electrons. The monoisotopic (exact) mass is 406 g/mol. The van der Waals surface area contributed by atoms with Crippen LogP contribution in [0.15, 0.2) is 24.3 Å². The maximum atomic E-state index is 12.6. The molecule has 1 saturated carbocycles. The lowest BCUT2D eigenvalue weighted by Gasteiger charge is -2.20. The third-order valence-corrected chi connectivity index (χ3v) is 5.89. The van der Waals surface area contributed by atoms with E-state index in [0.29, 0.717) is 11.6 Å². The van der Waals surface area contributed by atoms with Gasteiger partial charge in [0.25, 0.3) is 0 Å². The zero-order chi connectivity index (χ0) is 21.1. The van der Waals surface area contributed by atoms with E-state index in [0.717, 1.165) is 73.3 Å². The van der Waals surface area contributed by atoms with Gasteiger partial charge in [-0.15, -0.1) is 0 Å². The van der Waals surface area contributed by atoms with Gasteiger partial charge in [-0.3, -0.25) is 4.79 Å². The molecule has 0 unspecified atom stereocenters. The highest BCUT2D eigenvalue weighted by molar-refractivity contribution is 5.92. The Morgan fingerprint density at radius 3 is 2.73 bits per heavy atom. The fourth-order valence-corrected chi connectivity index (χ4v) is 4.22. The van der Waals surface area contributed by atoms with Crippen molar-refractivity contribution in [2.24, 2.45) is 5.92 Å². The number of hydrogen-bond donors (Lipinski definition) is 2. The number of carbonyl (C=O) groups excluding carboxylic acids is 1. The van der Waals surface area contributed by atoms with Crippen molar-refractivity contribution >= 4 is 28.7 Å². The largest absolute Gasteiger partial charge is 0.384 e. The van der Waals surface area contributed by atoms with Crippen LogP contribution in [0.1, 0.15) is 57.7 Å². The van der Waals surface area contributed by atoms with Gasteiger partial charge in [-0.1, -0.05) is 32.6 Å². The molecule has 7 nitrogen and oxygen atoms in total. The number of hydrogen-bond acceptors (Lipinski definition) is 5. The predicted octanol–water partition coefficient (Wildman–Crippen LogP) is 4.70. The molecule has 3 aromatic heterocycles. The average molecular weight is 407 g/mol. The number of unbranched alkanes of at least 4 members (excludes halogenated alkanes) is 1. The van der Waals surface area contributed by atoms with Crippen LogP contribution < -0.4 is 11.1 Å². The predicted molar refractivity (Wildman–Crippen MR) is 120 cm³/mol. The van der Waals surface area contributed by atoms with Crippen LogP contribution in [-0.4, -0.2) is 25.4 Å². The van der Waals surface area contributed by atoms with Crippen molar-refractivity contribution in [1.82, 2.24) is 19.5 Å². The summed E-state index contributed by atoms with van der Waals surface area (Å²) < 4.78 is 2.17. The van der Waals surface area contributed by atoms with Crippen molar-refractivity contribution in [2.75, 3.05) is 11.1 Å². The first-order chi connectivity index (χ1) is 14.5. The topological polar surface area (TPSA) is 98.7 Å². The molecule has 7 heteroatoms. The number of nitrogens with one attached hydrogen (secondary N) is 1. The van der Waals surface area contributed by atoms with Crippen LogP contribution in [0.25, 0.3) is 22.4 Å². The molecule has 1 fully saturated rings. The summed E-state index contributed by atoms with van der Waals surface area (Å²) in [5.41, 5.74) is 9.45. The Balaban J connectivity index is 1.63. The van der Waals surface area contributed by atoms with Gasteiger partial charge < -0.3 is 15.6 Å². The first-order valence-electron chi connectivity index (χ1n) is 11.0. The van der Waals surface area contributed by atoms with E-state index < -0.39 is 0 Å². The Bertz CT molecular complexity index is 1050. The molecule has 3 aromatic rings. The van der Waals surface area contributed by atoms with Gasteiger partial charge in [-0.2, -0.15) is 0 Å². The van der Waals surface area contributed by atoms with E-state index in [2.05, 4.69) is 26.8 Å². The smallest absolute Gasteiger partial charge is 0.228 e. The number of carbonyl (C=O) groups is 1. The summed E-state index contributed by atoms with van der Waals surface area (Å²) in [6.07, 6.45) is 7.53. The molecule has 0 spiro atoms. The number of aryl methyl sites for hydroxylation is 2. The third kappa shape index (κ3) is 4.30. The Labute approximate surface area is 177 Å². The number of pyridine rings is 2. The highest BCUT2D eigenvalue weighted by Crippen LogP contribution is 2.27. The molecule has 1 aliphatic carbocycles. The number of rotatable bonds is 6. The van der Waals surface area contributed by atoms with Gasteiger partial charge in [0.15, 0.2) is 5.65 Å². The number of aromatic nitrogens is 4. The van der Waals surface area contributed by atoms with Gasteiger partial charge in [0.05, 0.1) is 5.69 Å². The SMILES string of the molecule is CCCCn1c(C)nc2ccc(-c3cc(N)nc(NC(=O)C4CCCCC4)c3)nc21. The van der Waals surface area contributed by atoms with Gasteiger partial charge in [0, 0.05) is 18.0 Å². The van der Waals surface area contributed by atoms with Crippen molar-refractivity contribution in [1.29, 1.82) is 0 Å². The summed E-state index contributed by atoms with van der Waals surface area (Å²) in [6, 6.07) is 7.58. The zero-order valence-corrected chi connectivity index (χ0v) is 17.8. The molecule has 0 saturated heterocycles. The Morgan fingerprint density at radius 1 is 1.17 bits per heavy atom. The minimum Gasteiger partial charge on any atom is -0.384 e. The molecule has 0 atom stereocenters. The number of nitrogen functional groups attached to an aromatic ring is 1. The lowest BCUT2D eigenvalue weighted by atomic mass is 9.89. The Hall–Kier alpha value is -2.96. The van der Waals surface area contributed by atoms with Gasteiger partial charge in [0.2, 0.25) is 5.91 Å². The third-order valence-electron chi connectivity index (χ3n) is 5.89. The minimum atomic E-state index is 0.0374. The zero-order valence-electron chi connectivity index (χ0n) is 17.8. The van der Waals surface area contributed by atoms with Gasteiger partial charge in [-0.05, 0) is 50.5 Å². The summed E-state index contributed by atoms with van der Waals surface area (Å²) in [6.45, 7) is 5.09. The highest BCUT2D eigenvalue weighted by Gasteiger charge is 2.21. The second-order valence-corrected chi connectivity index (χ2v) is 8.19. The highest BCUT2D eigenvalue weighted by atomic mass is 16.1. The lowest BCUT2D eigenvalue weighted by molar-refractivity contribution is -0.120. The van der Waals surface area contributed by atoms with Crippen LogP contribution in [0.3, 0.4) is 0 Å². The summed E-state index contributed by atoms with van der Waals surface area (Å²) in [5.74, 6) is 1.92. The molecule has 0 aliphatic heterocycles. The fraction of sp³-hybridized carbons (Fsp3) is 0.478. The minimum absolute atomic E-state index is 0.0374. The first kappa shape index (κ1) is 20.3. The number of nitrogens with zero attached hydrogens (tertiary/aromatic N) is 4. The van der Waals surface area contributed by atoms with Crippen LogP contribution >= 0.6 is 0 Å². The van der Waals surface area contributed by atoms with Crippen LogP contribution in [-0.2, 0) is 11.3 Å². The van der Waals surface area contributed by atoms with Crippen LogP contribution in [0.2, 0.25) is 0 Å². The molecule has 3 heterocycles. The van der Waals surface area contributed by atoms with E-state index in [9.17, 15) is 4.79 Å². The molecule has 30 heavy (non-hydrogen) atoms. The average Bonchev–Trinajstić information content (AvgIpc) is 3.06. The quantitative estimate of drug-likeness (QED) is 0.618. The molecule has 1 aliphatic rings. The maximum Gasteiger partial charge on any atom is 0.228 e. The van der Waals surface area contributed by atoms with Crippen molar-refractivity contribution in [3.05, 3.63) is 30.1 Å². The second kappa shape index (κ2) is 8.81. The maximum absolute atomic E-state index is 12.6. The Kier molecular flexibility index (Phi) is 5.97.